The summed E-state index contributed by atoms with van der Waals surface area (Å²) < 4.78 is 16.3. The molecular formula is C21H20O13. The van der Waals surface area contributed by atoms with Crippen molar-refractivity contribution < 1.29 is 59.8 Å². The van der Waals surface area contributed by atoms with Gasteiger partial charge in [-0.15, -0.1) is 0 Å². The average molecular weight is 480 g/mol. The van der Waals surface area contributed by atoms with Crippen molar-refractivity contribution in [1.82, 2.24) is 0 Å². The van der Waals surface area contributed by atoms with Crippen molar-refractivity contribution in [2.45, 2.75) is 30.7 Å². The van der Waals surface area contributed by atoms with Crippen molar-refractivity contribution in [3.8, 4) is 45.8 Å². The summed E-state index contributed by atoms with van der Waals surface area (Å²) in [6, 6.07) is 3.79. The van der Waals surface area contributed by atoms with Gasteiger partial charge in [0, 0.05) is 11.6 Å². The molecule has 13 nitrogen and oxygen atoms in total. The SMILES string of the molecule is O=c1cc(-c2cc(O)c(O)c(O)c2)oc2c(OC3OC(CO)C(O)C(O)C3O)c(O)c(O)cc12. The second-order valence-corrected chi connectivity index (χ2v) is 7.60. The molecule has 5 unspecified atom stereocenters. The summed E-state index contributed by atoms with van der Waals surface area (Å²) in [6.07, 6.45) is -8.52. The summed E-state index contributed by atoms with van der Waals surface area (Å²) in [5.74, 6) is -4.92. The van der Waals surface area contributed by atoms with E-state index in [-0.39, 0.29) is 16.7 Å². The van der Waals surface area contributed by atoms with E-state index >= 15 is 0 Å². The van der Waals surface area contributed by atoms with Crippen LogP contribution in [0.4, 0.5) is 0 Å². The van der Waals surface area contributed by atoms with E-state index in [1.54, 1.807) is 0 Å². The summed E-state index contributed by atoms with van der Waals surface area (Å²) in [7, 11) is 0. The Morgan fingerprint density at radius 2 is 1.44 bits per heavy atom. The molecular weight excluding hydrogens is 460 g/mol. The molecule has 34 heavy (non-hydrogen) atoms. The standard InChI is InChI=1S/C21H20O13/c22-5-13-16(29)17(30)18(31)21(33-13)34-20-15(28)11(26)3-7-8(23)4-12(32-19(7)20)6-1-9(24)14(27)10(25)2-6/h1-4,13,16-18,21-22,24-31H,5H2. The molecule has 5 atom stereocenters. The third-order valence-electron chi connectivity index (χ3n) is 5.37. The normalized spacial score (nSPS) is 24.9. The van der Waals surface area contributed by atoms with Crippen molar-refractivity contribution in [2.75, 3.05) is 6.61 Å². The number of aliphatic hydroxyl groups is 4. The Bertz CT molecular complexity index is 1280. The van der Waals surface area contributed by atoms with Crippen LogP contribution in [-0.4, -0.2) is 83.3 Å². The van der Waals surface area contributed by atoms with Crippen LogP contribution in [0.1, 0.15) is 0 Å². The van der Waals surface area contributed by atoms with Crippen LogP contribution in [0.25, 0.3) is 22.3 Å². The van der Waals surface area contributed by atoms with E-state index in [0.717, 1.165) is 24.3 Å². The summed E-state index contributed by atoms with van der Waals surface area (Å²) in [4.78, 5) is 12.7. The van der Waals surface area contributed by atoms with E-state index < -0.39 is 82.8 Å². The minimum atomic E-state index is -1.88. The fourth-order valence-electron chi connectivity index (χ4n) is 3.52. The smallest absolute Gasteiger partial charge is 0.229 e. The molecule has 0 amide bonds. The average Bonchev–Trinajstić information content (AvgIpc) is 2.80. The van der Waals surface area contributed by atoms with Gasteiger partial charge in [0.2, 0.25) is 17.8 Å². The predicted octanol–water partition coefficient (Wildman–Crippen LogP) is -0.833. The quantitative estimate of drug-likeness (QED) is 0.208. The Labute approximate surface area is 189 Å². The zero-order valence-corrected chi connectivity index (χ0v) is 17.1. The van der Waals surface area contributed by atoms with Crippen molar-refractivity contribution in [1.29, 1.82) is 0 Å². The predicted molar refractivity (Wildman–Crippen MR) is 111 cm³/mol. The molecule has 3 aromatic rings. The van der Waals surface area contributed by atoms with Gasteiger partial charge in [0.1, 0.15) is 30.2 Å². The summed E-state index contributed by atoms with van der Waals surface area (Å²) in [6.45, 7) is -0.759. The number of fused-ring (bicyclic) bond motifs is 1. The van der Waals surface area contributed by atoms with Crippen molar-refractivity contribution >= 4 is 11.0 Å². The Kier molecular flexibility index (Phi) is 5.89. The first-order chi connectivity index (χ1) is 16.0. The topological polar surface area (TPSA) is 231 Å². The van der Waals surface area contributed by atoms with Gasteiger partial charge < -0.3 is 59.8 Å². The highest BCUT2D eigenvalue weighted by Gasteiger charge is 2.45. The molecule has 0 radical (unpaired) electrons. The maximum atomic E-state index is 12.7. The Hall–Kier alpha value is -3.75. The minimum Gasteiger partial charge on any atom is -0.504 e. The van der Waals surface area contributed by atoms with E-state index in [0.29, 0.717) is 0 Å². The second-order valence-electron chi connectivity index (χ2n) is 7.60. The van der Waals surface area contributed by atoms with Gasteiger partial charge in [0.25, 0.3) is 0 Å². The maximum absolute atomic E-state index is 12.7. The number of phenolic OH excluding ortho intramolecular Hbond substituents is 5. The van der Waals surface area contributed by atoms with Crippen LogP contribution >= 0.6 is 0 Å². The van der Waals surface area contributed by atoms with E-state index in [1.165, 1.54) is 0 Å². The number of hydrogen-bond donors (Lipinski definition) is 9. The Morgan fingerprint density at radius 1 is 0.824 bits per heavy atom. The maximum Gasteiger partial charge on any atom is 0.229 e. The largest absolute Gasteiger partial charge is 0.504 e. The molecule has 13 heteroatoms. The number of rotatable bonds is 4. The molecule has 1 fully saturated rings. The van der Waals surface area contributed by atoms with Crippen molar-refractivity contribution in [3.05, 3.63) is 34.5 Å². The molecule has 0 saturated carbocycles. The molecule has 1 saturated heterocycles. The molecule has 2 aromatic carbocycles. The molecule has 2 heterocycles. The molecule has 4 rings (SSSR count). The van der Waals surface area contributed by atoms with Gasteiger partial charge in [-0.05, 0) is 18.2 Å². The van der Waals surface area contributed by atoms with E-state index in [2.05, 4.69) is 0 Å². The Balaban J connectivity index is 1.86. The van der Waals surface area contributed by atoms with E-state index in [4.69, 9.17) is 13.9 Å². The van der Waals surface area contributed by atoms with Crippen LogP contribution < -0.4 is 10.2 Å². The van der Waals surface area contributed by atoms with Gasteiger partial charge in [-0.25, -0.2) is 0 Å². The van der Waals surface area contributed by atoms with Crippen LogP contribution in [0, 0.1) is 0 Å². The highest BCUT2D eigenvalue weighted by Crippen LogP contribution is 2.44. The van der Waals surface area contributed by atoms with Gasteiger partial charge in [-0.1, -0.05) is 0 Å². The number of ether oxygens (including phenoxy) is 2. The number of hydrogen-bond acceptors (Lipinski definition) is 13. The Morgan fingerprint density at radius 3 is 2.06 bits per heavy atom. The summed E-state index contributed by atoms with van der Waals surface area (Å²) in [5.41, 5.74) is -1.27. The molecule has 1 aliphatic heterocycles. The van der Waals surface area contributed by atoms with Crippen molar-refractivity contribution in [2.24, 2.45) is 0 Å². The zero-order chi connectivity index (χ0) is 24.9. The highest BCUT2D eigenvalue weighted by atomic mass is 16.7. The van der Waals surface area contributed by atoms with Crippen LogP contribution in [0.5, 0.6) is 34.5 Å². The molecule has 0 aliphatic carbocycles. The summed E-state index contributed by atoms with van der Waals surface area (Å²) >= 11 is 0. The lowest BCUT2D eigenvalue weighted by Crippen LogP contribution is -2.60. The first kappa shape index (κ1) is 23.4. The number of aliphatic hydroxyl groups excluding tert-OH is 4. The first-order valence-corrected chi connectivity index (χ1v) is 9.78. The van der Waals surface area contributed by atoms with Crippen LogP contribution in [0.3, 0.4) is 0 Å². The zero-order valence-electron chi connectivity index (χ0n) is 17.1. The van der Waals surface area contributed by atoms with Crippen LogP contribution in [0.2, 0.25) is 0 Å². The van der Waals surface area contributed by atoms with Gasteiger partial charge in [0.15, 0.2) is 34.0 Å². The second kappa shape index (κ2) is 8.55. The van der Waals surface area contributed by atoms with Crippen LogP contribution in [-0.2, 0) is 4.74 Å². The van der Waals surface area contributed by atoms with E-state index in [9.17, 15) is 50.8 Å². The van der Waals surface area contributed by atoms with Gasteiger partial charge in [-0.2, -0.15) is 0 Å². The molecule has 1 aliphatic rings. The number of benzene rings is 2. The third-order valence-corrected chi connectivity index (χ3v) is 5.37. The summed E-state index contributed by atoms with van der Waals surface area (Å²) in [5, 5.41) is 88.7. The molecule has 9 N–H and O–H groups in total. The molecule has 1 aromatic heterocycles. The van der Waals surface area contributed by atoms with Gasteiger partial charge in [0.05, 0.1) is 12.0 Å². The van der Waals surface area contributed by atoms with E-state index in [1.807, 2.05) is 0 Å². The lowest BCUT2D eigenvalue weighted by atomic mass is 9.99. The molecule has 182 valence electrons. The number of aromatic hydroxyl groups is 5. The highest BCUT2D eigenvalue weighted by molar-refractivity contribution is 5.89. The molecule has 0 bridgehead atoms. The molecule has 0 spiro atoms. The fourth-order valence-corrected chi connectivity index (χ4v) is 3.52. The van der Waals surface area contributed by atoms with Gasteiger partial charge in [-0.3, -0.25) is 4.79 Å². The lowest BCUT2D eigenvalue weighted by Gasteiger charge is -2.39. The monoisotopic (exact) mass is 480 g/mol. The lowest BCUT2D eigenvalue weighted by molar-refractivity contribution is -0.277. The minimum absolute atomic E-state index is 0.0573. The van der Waals surface area contributed by atoms with Crippen molar-refractivity contribution in [3.63, 3.8) is 0 Å². The van der Waals surface area contributed by atoms with Gasteiger partial charge >= 0.3 is 0 Å². The van der Waals surface area contributed by atoms with Crippen LogP contribution in [0.15, 0.2) is 33.5 Å². The first-order valence-electron chi connectivity index (χ1n) is 9.78. The fraction of sp³-hybridized carbons (Fsp3) is 0.286. The number of phenols is 5. The third kappa shape index (κ3) is 3.81.